The number of aliphatic hydroxyl groups is 1. The van der Waals surface area contributed by atoms with Gasteiger partial charge in [-0.2, -0.15) is 0 Å². The van der Waals surface area contributed by atoms with E-state index >= 15 is 0 Å². The van der Waals surface area contributed by atoms with E-state index in [1.54, 1.807) is 6.92 Å². The lowest BCUT2D eigenvalue weighted by atomic mass is 9.41. The Morgan fingerprint density at radius 1 is 0.702 bits per heavy atom. The van der Waals surface area contributed by atoms with Gasteiger partial charge >= 0.3 is 11.9 Å². The molecule has 4 bridgehead atoms. The maximum Gasteiger partial charge on any atom is 0.309 e. The van der Waals surface area contributed by atoms with Crippen LogP contribution in [0, 0.1) is 73.9 Å². The van der Waals surface area contributed by atoms with Gasteiger partial charge in [-0.25, -0.2) is 0 Å². The van der Waals surface area contributed by atoms with E-state index in [0.29, 0.717) is 34.5 Å². The summed E-state index contributed by atoms with van der Waals surface area (Å²) >= 11 is 0. The van der Waals surface area contributed by atoms with Crippen molar-refractivity contribution in [3.05, 3.63) is 0 Å². The number of carbonyl (C=O) groups is 2. The Morgan fingerprint density at radius 3 is 2.15 bits per heavy atom. The predicted molar refractivity (Wildman–Crippen MR) is 183 cm³/mol. The van der Waals surface area contributed by atoms with Gasteiger partial charge in [0.15, 0.2) is 0 Å². The fraction of sp³-hybridized carbons (Fsp3) is 0.952. The van der Waals surface area contributed by atoms with Crippen LogP contribution in [0.25, 0.3) is 0 Å². The van der Waals surface area contributed by atoms with E-state index in [9.17, 15) is 14.7 Å². The topological polar surface area (TPSA) is 72.8 Å². The Bertz CT molecular complexity index is 1300. The second-order valence-electron chi connectivity index (χ2n) is 21.0. The number of fused-ring (bicyclic) bond motifs is 6. The van der Waals surface area contributed by atoms with E-state index in [4.69, 9.17) is 9.47 Å². The average Bonchev–Trinajstić information content (AvgIpc) is 3.37. The highest BCUT2D eigenvalue weighted by molar-refractivity contribution is 5.73. The van der Waals surface area contributed by atoms with Gasteiger partial charge in [0.2, 0.25) is 0 Å². The molecule has 0 heterocycles. The fourth-order valence-electron chi connectivity index (χ4n) is 16.8. The molecule has 0 aromatic carbocycles. The van der Waals surface area contributed by atoms with Gasteiger partial charge in [0, 0.05) is 12.3 Å². The largest absolute Gasteiger partial charge is 0.462 e. The van der Waals surface area contributed by atoms with E-state index in [2.05, 4.69) is 41.5 Å². The lowest BCUT2D eigenvalue weighted by molar-refractivity contribution is -0.197. The molecule has 5 heteroatoms. The Labute approximate surface area is 285 Å². The van der Waals surface area contributed by atoms with Crippen molar-refractivity contribution in [2.24, 2.45) is 73.9 Å². The molecule has 0 aromatic rings. The van der Waals surface area contributed by atoms with Crippen LogP contribution in [-0.2, 0) is 19.1 Å². The molecule has 8 aliphatic rings. The Morgan fingerprint density at radius 2 is 1.38 bits per heavy atom. The van der Waals surface area contributed by atoms with Crippen molar-refractivity contribution >= 4 is 11.9 Å². The predicted octanol–water partition coefficient (Wildman–Crippen LogP) is 9.28. The van der Waals surface area contributed by atoms with Crippen molar-refractivity contribution in [2.45, 2.75) is 169 Å². The monoisotopic (exact) mass is 650 g/mol. The van der Waals surface area contributed by atoms with Crippen molar-refractivity contribution < 1.29 is 24.2 Å². The van der Waals surface area contributed by atoms with Crippen molar-refractivity contribution in [3.8, 4) is 0 Å². The van der Waals surface area contributed by atoms with Gasteiger partial charge < -0.3 is 14.6 Å². The van der Waals surface area contributed by atoms with Gasteiger partial charge in [-0.3, -0.25) is 9.59 Å². The maximum absolute atomic E-state index is 14.1. The summed E-state index contributed by atoms with van der Waals surface area (Å²) in [5.41, 5.74) is 0.595. The summed E-state index contributed by atoms with van der Waals surface area (Å²) in [7, 11) is 0. The smallest absolute Gasteiger partial charge is 0.309 e. The first-order valence-corrected chi connectivity index (χ1v) is 20.0. The van der Waals surface area contributed by atoms with Crippen molar-refractivity contribution in [1.29, 1.82) is 0 Å². The third kappa shape index (κ3) is 4.61. The van der Waals surface area contributed by atoms with Crippen LogP contribution >= 0.6 is 0 Å². The van der Waals surface area contributed by atoms with Gasteiger partial charge in [0.25, 0.3) is 0 Å². The molecule has 47 heavy (non-hydrogen) atoms. The maximum atomic E-state index is 14.1. The van der Waals surface area contributed by atoms with E-state index in [-0.39, 0.29) is 58.1 Å². The number of ether oxygens (including phenoxy) is 2. The van der Waals surface area contributed by atoms with E-state index < -0.39 is 5.60 Å². The highest BCUT2D eigenvalue weighted by Gasteiger charge is 2.69. The van der Waals surface area contributed by atoms with E-state index in [1.807, 2.05) is 0 Å². The molecule has 8 aliphatic carbocycles. The molecule has 2 spiro atoms. The SMILES string of the molecule is CC(=O)O[C@@H]1CC[C@@]2(C)[C@@H]3CCC4CC3(CC[C@@H]2C1(C)C)CC4C(=O)OC[C@@]1(O)CC23CC[C@@H]4C(C)(C)CCC[C@@]4(C)[C@@H]2CCC1C3. The Kier molecular flexibility index (Phi) is 7.37. The van der Waals surface area contributed by atoms with Gasteiger partial charge in [-0.15, -0.1) is 0 Å². The second kappa shape index (κ2) is 10.5. The van der Waals surface area contributed by atoms with Crippen LogP contribution in [0.1, 0.15) is 158 Å². The van der Waals surface area contributed by atoms with Crippen LogP contribution in [0.15, 0.2) is 0 Å². The van der Waals surface area contributed by atoms with Crippen molar-refractivity contribution in [2.75, 3.05) is 6.61 Å². The van der Waals surface area contributed by atoms with Crippen LogP contribution in [0.3, 0.4) is 0 Å². The summed E-state index contributed by atoms with van der Waals surface area (Å²) in [6.45, 7) is 16.6. The first kappa shape index (κ1) is 33.1. The van der Waals surface area contributed by atoms with Crippen molar-refractivity contribution in [3.63, 3.8) is 0 Å². The summed E-state index contributed by atoms with van der Waals surface area (Å²) in [6, 6.07) is 0. The molecular formula is C42H66O5. The zero-order valence-corrected chi connectivity index (χ0v) is 30.9. The molecule has 8 rings (SSSR count). The first-order chi connectivity index (χ1) is 22.0. The zero-order chi connectivity index (χ0) is 33.4. The van der Waals surface area contributed by atoms with Crippen LogP contribution in [0.5, 0.6) is 0 Å². The van der Waals surface area contributed by atoms with E-state index in [1.165, 1.54) is 57.8 Å². The van der Waals surface area contributed by atoms with Crippen LogP contribution < -0.4 is 0 Å². The van der Waals surface area contributed by atoms with Crippen molar-refractivity contribution in [1.82, 2.24) is 0 Å². The van der Waals surface area contributed by atoms with Crippen LogP contribution in [-0.4, -0.2) is 35.4 Å². The number of hydrogen-bond donors (Lipinski definition) is 1. The third-order valence-corrected chi connectivity index (χ3v) is 18.3. The van der Waals surface area contributed by atoms with Crippen LogP contribution in [0.2, 0.25) is 0 Å². The Hall–Kier alpha value is -1.10. The molecule has 1 N–H and O–H groups in total. The quantitative estimate of drug-likeness (QED) is 0.307. The summed E-state index contributed by atoms with van der Waals surface area (Å²) in [6.07, 6.45) is 19.8. The molecule has 0 radical (unpaired) electrons. The lowest BCUT2D eigenvalue weighted by Gasteiger charge is -2.65. The number of carbonyl (C=O) groups excluding carboxylic acids is 2. The number of hydrogen-bond acceptors (Lipinski definition) is 5. The Balaban J connectivity index is 0.949. The summed E-state index contributed by atoms with van der Waals surface area (Å²) in [5, 5.41) is 12.3. The fourth-order valence-corrected chi connectivity index (χ4v) is 16.8. The molecular weight excluding hydrogens is 584 g/mol. The number of rotatable bonds is 4. The molecule has 264 valence electrons. The van der Waals surface area contributed by atoms with E-state index in [0.717, 1.165) is 57.3 Å². The van der Waals surface area contributed by atoms with Gasteiger partial charge in [0.05, 0.1) is 5.92 Å². The first-order valence-electron chi connectivity index (χ1n) is 20.0. The summed E-state index contributed by atoms with van der Waals surface area (Å²) < 4.78 is 12.2. The zero-order valence-electron chi connectivity index (χ0n) is 30.9. The molecule has 8 fully saturated rings. The second-order valence-corrected chi connectivity index (χ2v) is 21.0. The number of esters is 2. The summed E-state index contributed by atoms with van der Waals surface area (Å²) in [4.78, 5) is 26.0. The van der Waals surface area contributed by atoms with Gasteiger partial charge in [0.1, 0.15) is 18.3 Å². The molecule has 0 amide bonds. The highest BCUT2D eigenvalue weighted by Crippen LogP contribution is 2.74. The van der Waals surface area contributed by atoms with Gasteiger partial charge in [-0.1, -0.05) is 48.0 Å². The van der Waals surface area contributed by atoms with Crippen LogP contribution in [0.4, 0.5) is 0 Å². The minimum absolute atomic E-state index is 0.00199. The van der Waals surface area contributed by atoms with Gasteiger partial charge in [-0.05, 0) is 165 Å². The molecule has 0 saturated heterocycles. The molecule has 0 aliphatic heterocycles. The molecule has 8 saturated carbocycles. The minimum Gasteiger partial charge on any atom is -0.462 e. The highest BCUT2D eigenvalue weighted by atomic mass is 16.5. The third-order valence-electron chi connectivity index (χ3n) is 18.3. The summed E-state index contributed by atoms with van der Waals surface area (Å²) in [5.74, 6) is 3.16. The minimum atomic E-state index is -0.857. The molecule has 5 nitrogen and oxygen atoms in total. The normalized spacial score (nSPS) is 53.5. The lowest BCUT2D eigenvalue weighted by Crippen LogP contribution is -2.59. The molecule has 13 atom stereocenters. The standard InChI is InChI=1S/C42H66O5/c1-26(43)47-34-15-18-39(7)31(37(34,4)5)14-19-40-21-27(9-11-32(39)40)29(23-40)35(44)46-25-42(45)24-41-20-13-30-36(2,3)16-8-17-38(30,6)33(41)12-10-28(42)22-41/h27-34,45H,8-25H2,1-7H3/t27?,28?,29?,30-,31-,32+,33+,34-,38-,39-,40?,41?,42+/m1/s1. The molecule has 0 aromatic heterocycles. The molecule has 5 unspecified atom stereocenters. The average molecular weight is 651 g/mol.